The number of aromatic nitrogens is 1. The molecule has 2 aromatic rings. The number of benzene rings is 1. The van der Waals surface area contributed by atoms with Crippen LogP contribution >= 0.6 is 12.6 Å². The minimum atomic E-state index is -0.181. The maximum atomic E-state index is 11.9. The van der Waals surface area contributed by atoms with Crippen molar-refractivity contribution in [3.8, 4) is 5.88 Å². The van der Waals surface area contributed by atoms with Gasteiger partial charge in [0.05, 0.1) is 18.5 Å². The number of amides is 1. The van der Waals surface area contributed by atoms with Gasteiger partial charge in [-0.3, -0.25) is 4.79 Å². The lowest BCUT2D eigenvalue weighted by molar-refractivity contribution is 0.102. The van der Waals surface area contributed by atoms with Crippen LogP contribution in [0.3, 0.4) is 0 Å². The molecule has 0 unspecified atom stereocenters. The summed E-state index contributed by atoms with van der Waals surface area (Å²) in [6, 6.07) is 10.5. The molecule has 1 N–H and O–H groups in total. The molecule has 1 aromatic carbocycles. The van der Waals surface area contributed by atoms with E-state index in [1.54, 1.807) is 42.6 Å². The first-order chi connectivity index (χ1) is 9.19. The Balaban J connectivity index is 2.04. The molecule has 0 saturated heterocycles. The number of carbonyl (C=O) groups is 1. The van der Waals surface area contributed by atoms with Gasteiger partial charge in [0.1, 0.15) is 0 Å². The Kier molecular flexibility index (Phi) is 4.41. The van der Waals surface area contributed by atoms with Crippen molar-refractivity contribution in [1.29, 1.82) is 0 Å². The average molecular weight is 274 g/mol. The summed E-state index contributed by atoms with van der Waals surface area (Å²) in [5, 5.41) is 2.77. The number of hydrogen-bond donors (Lipinski definition) is 2. The summed E-state index contributed by atoms with van der Waals surface area (Å²) in [7, 11) is 0. The lowest BCUT2D eigenvalue weighted by Crippen LogP contribution is -2.11. The highest BCUT2D eigenvalue weighted by Gasteiger charge is 2.06. The zero-order valence-electron chi connectivity index (χ0n) is 10.5. The fraction of sp³-hybridized carbons (Fsp3) is 0.143. The number of nitrogens with zero attached hydrogens (tertiary/aromatic N) is 1. The van der Waals surface area contributed by atoms with Gasteiger partial charge < -0.3 is 10.1 Å². The molecule has 0 radical (unpaired) electrons. The second kappa shape index (κ2) is 6.24. The molecular formula is C14H14N2O2S. The number of pyridine rings is 1. The Hall–Kier alpha value is -2.01. The van der Waals surface area contributed by atoms with E-state index in [2.05, 4.69) is 22.9 Å². The van der Waals surface area contributed by atoms with Crippen molar-refractivity contribution in [2.45, 2.75) is 11.8 Å². The number of ether oxygens (including phenoxy) is 1. The molecule has 4 nitrogen and oxygen atoms in total. The molecule has 0 fully saturated rings. The van der Waals surface area contributed by atoms with Crippen LogP contribution in [0.1, 0.15) is 17.3 Å². The van der Waals surface area contributed by atoms with E-state index < -0.39 is 0 Å². The third-order valence-electron chi connectivity index (χ3n) is 2.42. The van der Waals surface area contributed by atoms with E-state index in [1.807, 2.05) is 6.92 Å². The molecule has 0 spiro atoms. The zero-order valence-corrected chi connectivity index (χ0v) is 11.4. The Morgan fingerprint density at radius 2 is 2.00 bits per heavy atom. The highest BCUT2D eigenvalue weighted by molar-refractivity contribution is 7.80. The van der Waals surface area contributed by atoms with Crippen molar-refractivity contribution < 1.29 is 9.53 Å². The van der Waals surface area contributed by atoms with Crippen molar-refractivity contribution in [3.05, 3.63) is 48.2 Å². The predicted octanol–water partition coefficient (Wildman–Crippen LogP) is 3.02. The van der Waals surface area contributed by atoms with E-state index in [9.17, 15) is 4.79 Å². The van der Waals surface area contributed by atoms with Crippen molar-refractivity contribution in [1.82, 2.24) is 4.98 Å². The smallest absolute Gasteiger partial charge is 0.255 e. The predicted molar refractivity (Wildman–Crippen MR) is 77.1 cm³/mol. The van der Waals surface area contributed by atoms with Gasteiger partial charge in [0, 0.05) is 16.5 Å². The van der Waals surface area contributed by atoms with Gasteiger partial charge in [-0.15, -0.1) is 12.6 Å². The summed E-state index contributed by atoms with van der Waals surface area (Å²) in [5.41, 5.74) is 1.20. The van der Waals surface area contributed by atoms with E-state index in [1.165, 1.54) is 0 Å². The number of anilines is 1. The van der Waals surface area contributed by atoms with E-state index in [0.717, 1.165) is 4.90 Å². The van der Waals surface area contributed by atoms with Gasteiger partial charge in [-0.25, -0.2) is 4.98 Å². The lowest BCUT2D eigenvalue weighted by atomic mass is 10.2. The molecule has 5 heteroatoms. The summed E-state index contributed by atoms with van der Waals surface area (Å²) in [6.07, 6.45) is 1.57. The minimum Gasteiger partial charge on any atom is -0.478 e. The van der Waals surface area contributed by atoms with Crippen LogP contribution in [-0.4, -0.2) is 17.5 Å². The number of carbonyl (C=O) groups excluding carboxylic acids is 1. The third kappa shape index (κ3) is 3.72. The SMILES string of the molecule is CCOc1ccc(NC(=O)c2ccc(S)cc2)cn1. The standard InChI is InChI=1S/C14H14N2O2S/c1-2-18-13-8-5-11(9-15-13)16-14(17)10-3-6-12(19)7-4-10/h3-9,19H,2H2,1H3,(H,16,17). The molecule has 0 saturated carbocycles. The van der Waals surface area contributed by atoms with Crippen LogP contribution < -0.4 is 10.1 Å². The number of thiol groups is 1. The van der Waals surface area contributed by atoms with Gasteiger partial charge in [-0.05, 0) is 37.3 Å². The largest absolute Gasteiger partial charge is 0.478 e. The summed E-state index contributed by atoms with van der Waals surface area (Å²) in [6.45, 7) is 2.46. The minimum absolute atomic E-state index is 0.181. The van der Waals surface area contributed by atoms with Crippen molar-refractivity contribution in [2.24, 2.45) is 0 Å². The molecule has 0 aliphatic rings. The Morgan fingerprint density at radius 1 is 1.26 bits per heavy atom. The first kappa shape index (κ1) is 13.4. The van der Waals surface area contributed by atoms with Crippen LogP contribution in [0.5, 0.6) is 5.88 Å². The normalized spacial score (nSPS) is 10.0. The molecular weight excluding hydrogens is 260 g/mol. The summed E-state index contributed by atoms with van der Waals surface area (Å²) >= 11 is 4.17. The number of hydrogen-bond acceptors (Lipinski definition) is 4. The van der Waals surface area contributed by atoms with E-state index in [0.29, 0.717) is 23.7 Å². The highest BCUT2D eigenvalue weighted by Crippen LogP contribution is 2.14. The van der Waals surface area contributed by atoms with Crippen LogP contribution in [0.15, 0.2) is 47.5 Å². The van der Waals surface area contributed by atoms with Gasteiger partial charge in [-0.1, -0.05) is 0 Å². The second-order valence-corrected chi connectivity index (χ2v) is 4.34. The van der Waals surface area contributed by atoms with E-state index >= 15 is 0 Å². The van der Waals surface area contributed by atoms with Crippen LogP contribution in [0.2, 0.25) is 0 Å². The van der Waals surface area contributed by atoms with E-state index in [-0.39, 0.29) is 5.91 Å². The van der Waals surface area contributed by atoms with Gasteiger partial charge in [-0.2, -0.15) is 0 Å². The third-order valence-corrected chi connectivity index (χ3v) is 2.71. The maximum Gasteiger partial charge on any atom is 0.255 e. The van der Waals surface area contributed by atoms with Crippen molar-refractivity contribution in [2.75, 3.05) is 11.9 Å². The van der Waals surface area contributed by atoms with Crippen LogP contribution in [-0.2, 0) is 0 Å². The van der Waals surface area contributed by atoms with Crippen LogP contribution in [0, 0.1) is 0 Å². The number of rotatable bonds is 4. The topological polar surface area (TPSA) is 51.2 Å². The Morgan fingerprint density at radius 3 is 2.58 bits per heavy atom. The first-order valence-corrected chi connectivity index (χ1v) is 6.33. The Bertz CT molecular complexity index is 553. The van der Waals surface area contributed by atoms with Gasteiger partial charge in [0.2, 0.25) is 5.88 Å². The molecule has 0 bridgehead atoms. The van der Waals surface area contributed by atoms with Crippen molar-refractivity contribution in [3.63, 3.8) is 0 Å². The van der Waals surface area contributed by atoms with Crippen LogP contribution in [0.25, 0.3) is 0 Å². The fourth-order valence-electron chi connectivity index (χ4n) is 1.50. The van der Waals surface area contributed by atoms with Gasteiger partial charge >= 0.3 is 0 Å². The van der Waals surface area contributed by atoms with E-state index in [4.69, 9.17) is 4.74 Å². The summed E-state index contributed by atoms with van der Waals surface area (Å²) in [4.78, 5) is 16.8. The fourth-order valence-corrected chi connectivity index (χ4v) is 1.65. The molecule has 0 atom stereocenters. The quantitative estimate of drug-likeness (QED) is 0.843. The Labute approximate surface area is 117 Å². The summed E-state index contributed by atoms with van der Waals surface area (Å²) < 4.78 is 5.23. The van der Waals surface area contributed by atoms with Gasteiger partial charge in [0.15, 0.2) is 0 Å². The lowest BCUT2D eigenvalue weighted by Gasteiger charge is -2.06. The zero-order chi connectivity index (χ0) is 13.7. The highest BCUT2D eigenvalue weighted by atomic mass is 32.1. The molecule has 1 heterocycles. The molecule has 19 heavy (non-hydrogen) atoms. The molecule has 0 aliphatic carbocycles. The van der Waals surface area contributed by atoms with Crippen molar-refractivity contribution >= 4 is 24.2 Å². The van der Waals surface area contributed by atoms with Gasteiger partial charge in [0.25, 0.3) is 5.91 Å². The molecule has 98 valence electrons. The molecule has 1 aromatic heterocycles. The summed E-state index contributed by atoms with van der Waals surface area (Å²) in [5.74, 6) is 0.360. The molecule has 1 amide bonds. The second-order valence-electron chi connectivity index (χ2n) is 3.82. The molecule has 2 rings (SSSR count). The maximum absolute atomic E-state index is 11.9. The first-order valence-electron chi connectivity index (χ1n) is 5.88. The average Bonchev–Trinajstić information content (AvgIpc) is 2.42. The molecule has 0 aliphatic heterocycles. The monoisotopic (exact) mass is 274 g/mol. The van der Waals surface area contributed by atoms with Crippen LogP contribution in [0.4, 0.5) is 5.69 Å². The number of nitrogens with one attached hydrogen (secondary N) is 1.